The lowest BCUT2D eigenvalue weighted by Crippen LogP contribution is -2.16. The van der Waals surface area contributed by atoms with E-state index < -0.39 is 14.0 Å². The average Bonchev–Trinajstić information content (AvgIpc) is 3.14. The normalized spacial score (nSPS) is 17.3. The second-order valence-corrected chi connectivity index (χ2v) is 13.2. The van der Waals surface area contributed by atoms with Crippen LogP contribution >= 0.6 is 0 Å². The zero-order valence-electron chi connectivity index (χ0n) is 18.9. The lowest BCUT2D eigenvalue weighted by molar-refractivity contribution is 0.0518. The molecule has 0 saturated carbocycles. The third kappa shape index (κ3) is 5.12. The fourth-order valence-electron chi connectivity index (χ4n) is 3.43. The highest BCUT2D eigenvalue weighted by molar-refractivity contribution is 6.83. The fraction of sp³-hybridized carbons (Fsp3) is 0.320. The van der Waals surface area contributed by atoms with Crippen LogP contribution in [0.1, 0.15) is 48.1 Å². The molecule has 160 valence electrons. The number of hydrogen-bond acceptors (Lipinski definition) is 4. The zero-order valence-corrected chi connectivity index (χ0v) is 19.9. The van der Waals surface area contributed by atoms with Gasteiger partial charge in [-0.05, 0) is 13.8 Å². The van der Waals surface area contributed by atoms with Gasteiger partial charge in [0.2, 0.25) is 0 Å². The van der Waals surface area contributed by atoms with Gasteiger partial charge in [-0.25, -0.2) is 9.78 Å². The van der Waals surface area contributed by atoms with Crippen molar-refractivity contribution in [2.45, 2.75) is 46.0 Å². The Hall–Kier alpha value is -3.17. The van der Waals surface area contributed by atoms with Crippen LogP contribution in [-0.4, -0.2) is 35.9 Å². The summed E-state index contributed by atoms with van der Waals surface area (Å²) >= 11 is 0. The van der Waals surface area contributed by atoms with Gasteiger partial charge >= 0.3 is 5.97 Å². The molecule has 1 aromatic carbocycles. The minimum atomic E-state index is -1.45. The molecule has 2 aromatic rings. The van der Waals surface area contributed by atoms with Crippen molar-refractivity contribution in [1.82, 2.24) is 9.55 Å². The Bertz CT molecular complexity index is 1110. The van der Waals surface area contributed by atoms with E-state index in [2.05, 4.69) is 48.7 Å². The van der Waals surface area contributed by atoms with Gasteiger partial charge in [0.25, 0.3) is 0 Å². The van der Waals surface area contributed by atoms with Gasteiger partial charge in [0, 0.05) is 23.3 Å². The lowest BCUT2D eigenvalue weighted by atomic mass is 9.99. The quantitative estimate of drug-likeness (QED) is 0.375. The van der Waals surface area contributed by atoms with Crippen molar-refractivity contribution in [2.24, 2.45) is 4.99 Å². The molecular weight excluding hydrogens is 402 g/mol. The molecule has 1 atom stereocenters. The first kappa shape index (κ1) is 22.5. The Morgan fingerprint density at radius 1 is 1.29 bits per heavy atom. The van der Waals surface area contributed by atoms with Crippen LogP contribution in [0.2, 0.25) is 19.6 Å². The van der Waals surface area contributed by atoms with Crippen LogP contribution in [0.4, 0.5) is 0 Å². The first-order valence-electron chi connectivity index (χ1n) is 10.5. The number of carbonyl (C=O) groups is 1. The van der Waals surface area contributed by atoms with Crippen molar-refractivity contribution >= 4 is 25.5 Å². The van der Waals surface area contributed by atoms with Crippen molar-refractivity contribution in [1.29, 1.82) is 0 Å². The second kappa shape index (κ2) is 9.32. The molecule has 0 amide bonds. The molecule has 0 N–H and O–H groups in total. The van der Waals surface area contributed by atoms with Gasteiger partial charge in [0.1, 0.15) is 14.4 Å². The molecule has 5 nitrogen and oxygen atoms in total. The second-order valence-electron chi connectivity index (χ2n) is 8.41. The van der Waals surface area contributed by atoms with E-state index in [1.54, 1.807) is 13.3 Å². The van der Waals surface area contributed by atoms with E-state index in [4.69, 9.17) is 9.73 Å². The van der Waals surface area contributed by atoms with Crippen LogP contribution in [0.25, 0.3) is 5.70 Å². The standard InChI is InChI=1S/C25H29N3O2Si/c1-7-30-25(29)23-24-18(2)27-22(20-13-9-8-10-14-20)21(19(3)28(24)17-26-23)15-11-12-16-31(4,5)6/h8-10,13-15,17-18H,3,7,11H2,1-2,4-6H3/b21-15+/t18-/m1/s1. The van der Waals surface area contributed by atoms with Crippen LogP contribution in [0.15, 0.2) is 59.9 Å². The number of benzene rings is 1. The smallest absolute Gasteiger partial charge is 0.358 e. The fourth-order valence-corrected chi connectivity index (χ4v) is 4.06. The van der Waals surface area contributed by atoms with Gasteiger partial charge in [-0.15, -0.1) is 11.5 Å². The third-order valence-corrected chi connectivity index (χ3v) is 5.69. The van der Waals surface area contributed by atoms with Crippen LogP contribution in [0.5, 0.6) is 0 Å². The summed E-state index contributed by atoms with van der Waals surface area (Å²) in [7, 11) is -1.45. The van der Waals surface area contributed by atoms with Gasteiger partial charge in [-0.1, -0.05) is 62.6 Å². The Labute approximate surface area is 185 Å². The van der Waals surface area contributed by atoms with Crippen LogP contribution in [0.3, 0.4) is 0 Å². The monoisotopic (exact) mass is 431 g/mol. The Morgan fingerprint density at radius 2 is 2.00 bits per heavy atom. The van der Waals surface area contributed by atoms with E-state index in [0.717, 1.165) is 22.5 Å². The number of aliphatic imine (C=N–C) groups is 1. The summed E-state index contributed by atoms with van der Waals surface area (Å²) in [6.07, 6.45) is 4.31. The number of imidazole rings is 1. The van der Waals surface area contributed by atoms with Gasteiger partial charge in [0.05, 0.1) is 24.1 Å². The minimum Gasteiger partial charge on any atom is -0.461 e. The molecule has 0 unspecified atom stereocenters. The van der Waals surface area contributed by atoms with Crippen LogP contribution in [-0.2, 0) is 4.74 Å². The van der Waals surface area contributed by atoms with Crippen molar-refractivity contribution in [3.05, 3.63) is 71.8 Å². The molecule has 3 rings (SSSR count). The van der Waals surface area contributed by atoms with Crippen molar-refractivity contribution in [3.8, 4) is 11.5 Å². The first-order chi connectivity index (χ1) is 14.7. The number of hydrogen-bond donors (Lipinski definition) is 0. The summed E-state index contributed by atoms with van der Waals surface area (Å²) in [6.45, 7) is 15.0. The molecule has 0 saturated heterocycles. The van der Waals surface area contributed by atoms with Crippen LogP contribution < -0.4 is 0 Å². The number of rotatable bonds is 4. The van der Waals surface area contributed by atoms with Gasteiger partial charge in [0.15, 0.2) is 5.69 Å². The molecule has 0 aliphatic carbocycles. The number of esters is 1. The molecule has 1 aliphatic rings. The highest BCUT2D eigenvalue weighted by Crippen LogP contribution is 2.33. The molecule has 31 heavy (non-hydrogen) atoms. The summed E-state index contributed by atoms with van der Waals surface area (Å²) in [6, 6.07) is 9.73. The van der Waals surface area contributed by atoms with Crippen molar-refractivity contribution < 1.29 is 9.53 Å². The maximum atomic E-state index is 12.5. The third-order valence-electron chi connectivity index (χ3n) is 4.77. The Balaban J connectivity index is 2.13. The largest absolute Gasteiger partial charge is 0.461 e. The SMILES string of the molecule is C=C1/C(=C\CC#C[Si](C)(C)C)C(c2ccccc2)=N[C@H](C)c2c(C(=O)OCC)ncn21. The summed E-state index contributed by atoms with van der Waals surface area (Å²) in [5.74, 6) is 2.86. The molecule has 2 heterocycles. The predicted molar refractivity (Wildman–Crippen MR) is 129 cm³/mol. The maximum absolute atomic E-state index is 12.5. The predicted octanol–water partition coefficient (Wildman–Crippen LogP) is 5.29. The van der Waals surface area contributed by atoms with E-state index in [0.29, 0.717) is 18.7 Å². The van der Waals surface area contributed by atoms with Crippen molar-refractivity contribution in [2.75, 3.05) is 6.61 Å². The zero-order chi connectivity index (χ0) is 22.6. The van der Waals surface area contributed by atoms with E-state index in [1.165, 1.54) is 0 Å². The van der Waals surface area contributed by atoms with Crippen LogP contribution in [0, 0.1) is 11.5 Å². The molecule has 1 aromatic heterocycles. The lowest BCUT2D eigenvalue weighted by Gasteiger charge is -2.13. The maximum Gasteiger partial charge on any atom is 0.358 e. The molecule has 0 bridgehead atoms. The highest BCUT2D eigenvalue weighted by atomic mass is 28.3. The molecule has 1 aliphatic heterocycles. The van der Waals surface area contributed by atoms with Gasteiger partial charge in [-0.3, -0.25) is 4.99 Å². The van der Waals surface area contributed by atoms with Crippen molar-refractivity contribution in [3.63, 3.8) is 0 Å². The highest BCUT2D eigenvalue weighted by Gasteiger charge is 2.29. The number of ether oxygens (including phenoxy) is 1. The number of carbonyl (C=O) groups excluding carboxylic acids is 1. The van der Waals surface area contributed by atoms with Gasteiger partial charge in [-0.2, -0.15) is 0 Å². The summed E-state index contributed by atoms with van der Waals surface area (Å²) in [5.41, 5.74) is 7.83. The topological polar surface area (TPSA) is 56.5 Å². The summed E-state index contributed by atoms with van der Waals surface area (Å²) in [5, 5.41) is 0. The van der Waals surface area contributed by atoms with Gasteiger partial charge < -0.3 is 9.30 Å². The minimum absolute atomic E-state index is 0.284. The molecular formula is C25H29N3O2Si. The summed E-state index contributed by atoms with van der Waals surface area (Å²) in [4.78, 5) is 21.8. The first-order valence-corrected chi connectivity index (χ1v) is 14.0. The number of aromatic nitrogens is 2. The average molecular weight is 432 g/mol. The van der Waals surface area contributed by atoms with E-state index in [9.17, 15) is 4.79 Å². The molecule has 0 fully saturated rings. The number of allylic oxidation sites excluding steroid dienone is 3. The molecule has 6 heteroatoms. The summed E-state index contributed by atoms with van der Waals surface area (Å²) < 4.78 is 7.06. The van der Waals surface area contributed by atoms with E-state index in [-0.39, 0.29) is 11.7 Å². The van der Waals surface area contributed by atoms with E-state index in [1.807, 2.05) is 41.8 Å². The Morgan fingerprint density at radius 3 is 2.65 bits per heavy atom. The molecule has 0 spiro atoms. The molecule has 0 radical (unpaired) electrons. The number of nitrogens with zero attached hydrogens (tertiary/aromatic N) is 3. The Kier molecular flexibility index (Phi) is 6.76. The number of fused-ring (bicyclic) bond motifs is 1. The van der Waals surface area contributed by atoms with E-state index >= 15 is 0 Å².